The topological polar surface area (TPSA) is 111 Å². The van der Waals surface area contributed by atoms with Crippen molar-refractivity contribution < 1.29 is 44.5 Å². The fraction of sp³-hybridized carbons (Fsp3) is 0.556. The van der Waals surface area contributed by atoms with E-state index >= 15 is 0 Å². The van der Waals surface area contributed by atoms with Gasteiger partial charge >= 0.3 is 35.0 Å². The maximum atomic E-state index is 12.4. The standard InChI is InChI=1S/C18H29NO3S.C13H17NO3S.C5H11.BrH.Mg/c1-6-7-8-9-16(19-23(21)18(2,3)4)14-10-12-15(13-11-14)17(20)22-5;1-13(2,3)18(16)14-9-10-5-7-11(8-6-10)12(15)17-4;1-3-5-4-2;;/h10-13,16,19H,6-9H2,1-5H3;5-9H,1-4H3;1,3-5H2,2H3;1H;/q;;-1;;+2/p-1/t16-,23?;;;;/m1..../s1. The molecule has 0 aliphatic rings. The van der Waals surface area contributed by atoms with Crippen molar-refractivity contribution in [1.29, 1.82) is 0 Å². The van der Waals surface area contributed by atoms with Crippen molar-refractivity contribution in [3.05, 3.63) is 77.7 Å². The molecular weight excluding hydrogens is 725 g/mol. The van der Waals surface area contributed by atoms with E-state index in [9.17, 15) is 18.0 Å². The minimum absolute atomic E-state index is 0. The van der Waals surface area contributed by atoms with Crippen LogP contribution in [-0.4, -0.2) is 73.3 Å². The van der Waals surface area contributed by atoms with Crippen LogP contribution in [0.4, 0.5) is 0 Å². The quantitative estimate of drug-likeness (QED) is 0.0993. The Morgan fingerprint density at radius 2 is 1.27 bits per heavy atom. The first kappa shape index (κ1) is 50.9. The smallest absolute Gasteiger partial charge is 1.00 e. The monoisotopic (exact) mass is 780 g/mol. The molecule has 2 aromatic carbocycles. The van der Waals surface area contributed by atoms with Crippen LogP contribution >= 0.6 is 0 Å². The van der Waals surface area contributed by atoms with Gasteiger partial charge in [0.2, 0.25) is 0 Å². The molecule has 0 aromatic heterocycles. The van der Waals surface area contributed by atoms with E-state index in [0.29, 0.717) is 11.1 Å². The Kier molecular flexibility index (Phi) is 29.0. The number of carbonyl (C=O) groups excluding carboxylic acids is 2. The van der Waals surface area contributed by atoms with E-state index in [4.69, 9.17) is 4.74 Å². The van der Waals surface area contributed by atoms with Crippen molar-refractivity contribution in [3.8, 4) is 0 Å². The maximum absolute atomic E-state index is 12.4. The molecule has 1 N–H and O–H groups in total. The molecule has 0 radical (unpaired) electrons. The summed E-state index contributed by atoms with van der Waals surface area (Å²) in [6, 6.07) is 14.1. The van der Waals surface area contributed by atoms with Crippen molar-refractivity contribution in [2.24, 2.45) is 4.40 Å². The van der Waals surface area contributed by atoms with Gasteiger partial charge < -0.3 is 33.4 Å². The van der Waals surface area contributed by atoms with Gasteiger partial charge in [-0.05, 0) is 83.4 Å². The predicted molar refractivity (Wildman–Crippen MR) is 200 cm³/mol. The van der Waals surface area contributed by atoms with Crippen LogP contribution in [0.2, 0.25) is 0 Å². The van der Waals surface area contributed by atoms with Crippen molar-refractivity contribution in [3.63, 3.8) is 0 Å². The zero-order chi connectivity index (χ0) is 35.3. The van der Waals surface area contributed by atoms with Gasteiger partial charge in [0, 0.05) is 12.3 Å². The molecule has 0 saturated heterocycles. The second-order valence-corrected chi connectivity index (χ2v) is 16.5. The number of ether oxygens (including phenoxy) is 2. The third kappa shape index (κ3) is 21.6. The molecule has 3 atom stereocenters. The summed E-state index contributed by atoms with van der Waals surface area (Å²) in [4.78, 5) is 22.7. The number of rotatable bonds is 13. The summed E-state index contributed by atoms with van der Waals surface area (Å²) >= 11 is 0. The summed E-state index contributed by atoms with van der Waals surface area (Å²) in [5.74, 6) is -0.720. The summed E-state index contributed by atoms with van der Waals surface area (Å²) in [6.07, 6.45) is 9.50. The van der Waals surface area contributed by atoms with Crippen LogP contribution in [0.5, 0.6) is 0 Å². The Labute approximate surface area is 322 Å². The largest absolute Gasteiger partial charge is 2.00 e. The van der Waals surface area contributed by atoms with Crippen LogP contribution in [0.15, 0.2) is 52.9 Å². The summed E-state index contributed by atoms with van der Waals surface area (Å²) in [5, 5.41) is 0. The molecule has 0 saturated carbocycles. The van der Waals surface area contributed by atoms with E-state index in [1.165, 1.54) is 27.1 Å². The number of halogens is 1. The van der Waals surface area contributed by atoms with E-state index < -0.39 is 22.0 Å². The molecule has 0 spiro atoms. The van der Waals surface area contributed by atoms with Crippen LogP contribution in [0.3, 0.4) is 0 Å². The molecule has 0 fully saturated rings. The normalized spacial score (nSPS) is 12.8. The average molecular weight is 782 g/mol. The molecule has 0 heterocycles. The number of unbranched alkanes of at least 4 members (excludes halogenated alkanes) is 4. The number of nitrogens with one attached hydrogen (secondary N) is 1. The fourth-order valence-electron chi connectivity index (χ4n) is 3.51. The van der Waals surface area contributed by atoms with Gasteiger partial charge in [-0.25, -0.2) is 22.7 Å². The van der Waals surface area contributed by atoms with Crippen molar-refractivity contribution >= 4 is 63.2 Å². The van der Waals surface area contributed by atoms with Gasteiger partial charge in [0.15, 0.2) is 0 Å². The molecule has 2 rings (SSSR count). The molecular formula is C36H57BrMgN2O6S2. The predicted octanol–water partition coefficient (Wildman–Crippen LogP) is 5.13. The number of hydrogen-bond donors (Lipinski definition) is 1. The number of carbonyl (C=O) groups is 2. The molecule has 0 aliphatic carbocycles. The van der Waals surface area contributed by atoms with Gasteiger partial charge in [0.05, 0.1) is 45.8 Å². The van der Waals surface area contributed by atoms with E-state index in [1.807, 2.05) is 53.7 Å². The SMILES string of the molecule is CCCCC[C@@H](NS(=O)C(C)(C)C)c1ccc(C(=O)OC)cc1.COC(=O)c1ccc(C=NS(=O)C(C)(C)C)cc1.[Br-].[CH2-]CCCC.[Mg+2]. The van der Waals surface area contributed by atoms with Crippen molar-refractivity contribution in [1.82, 2.24) is 4.72 Å². The summed E-state index contributed by atoms with van der Waals surface area (Å²) < 4.78 is 40.0. The van der Waals surface area contributed by atoms with E-state index in [2.05, 4.69) is 34.6 Å². The van der Waals surface area contributed by atoms with Gasteiger partial charge in [0.25, 0.3) is 0 Å². The van der Waals surface area contributed by atoms with E-state index in [-0.39, 0.29) is 67.5 Å². The van der Waals surface area contributed by atoms with Crippen LogP contribution in [0, 0.1) is 6.92 Å². The minimum atomic E-state index is -1.28. The number of benzene rings is 2. The summed E-state index contributed by atoms with van der Waals surface area (Å²) in [5.41, 5.74) is 2.85. The molecule has 0 bridgehead atoms. The Balaban J connectivity index is -0.000000726. The van der Waals surface area contributed by atoms with Crippen LogP contribution in [0.1, 0.15) is 138 Å². The third-order valence-corrected chi connectivity index (χ3v) is 9.35. The molecule has 48 heavy (non-hydrogen) atoms. The van der Waals surface area contributed by atoms with Crippen molar-refractivity contribution in [2.45, 2.75) is 116 Å². The summed E-state index contributed by atoms with van der Waals surface area (Å²) in [7, 11) is 0.304. The van der Waals surface area contributed by atoms with Gasteiger partial charge in [-0.15, -0.1) is 0 Å². The minimum Gasteiger partial charge on any atom is -1.00 e. The first-order chi connectivity index (χ1) is 21.5. The van der Waals surface area contributed by atoms with Gasteiger partial charge in [0.1, 0.15) is 11.0 Å². The molecule has 0 amide bonds. The van der Waals surface area contributed by atoms with E-state index in [0.717, 1.165) is 43.2 Å². The number of esters is 2. The maximum Gasteiger partial charge on any atom is 2.00 e. The number of hydrogen-bond acceptors (Lipinski definition) is 6. The second kappa shape index (κ2) is 27.3. The van der Waals surface area contributed by atoms with Crippen LogP contribution < -0.4 is 21.7 Å². The Morgan fingerprint density at radius 3 is 1.62 bits per heavy atom. The first-order valence-electron chi connectivity index (χ1n) is 15.9. The first-order valence-corrected chi connectivity index (χ1v) is 18.1. The van der Waals surface area contributed by atoms with E-state index in [1.54, 1.807) is 42.6 Å². The van der Waals surface area contributed by atoms with Gasteiger partial charge in [-0.3, -0.25) is 0 Å². The Bertz CT molecular complexity index is 1240. The molecule has 268 valence electrons. The molecule has 8 nitrogen and oxygen atoms in total. The zero-order valence-corrected chi connectivity index (χ0v) is 35.4. The average Bonchev–Trinajstić information content (AvgIpc) is 3.02. The Morgan fingerprint density at radius 1 is 0.812 bits per heavy atom. The molecule has 0 aliphatic heterocycles. The molecule has 12 heteroatoms. The number of methoxy groups -OCH3 is 2. The zero-order valence-electron chi connectivity index (χ0n) is 30.7. The molecule has 2 aromatic rings. The third-order valence-electron chi connectivity index (χ3n) is 6.39. The van der Waals surface area contributed by atoms with Crippen LogP contribution in [0.25, 0.3) is 0 Å². The molecule has 2 unspecified atom stereocenters. The van der Waals surface area contributed by atoms with Crippen LogP contribution in [-0.2, 0) is 31.4 Å². The second-order valence-electron chi connectivity index (χ2n) is 12.6. The van der Waals surface area contributed by atoms with Gasteiger partial charge in [-0.1, -0.05) is 70.2 Å². The fourth-order valence-corrected chi connectivity index (χ4v) is 4.91. The van der Waals surface area contributed by atoms with Crippen molar-refractivity contribution in [2.75, 3.05) is 14.2 Å². The summed E-state index contributed by atoms with van der Waals surface area (Å²) in [6.45, 7) is 19.5. The number of nitrogens with zero attached hydrogens (tertiary/aromatic N) is 1. The van der Waals surface area contributed by atoms with Gasteiger partial charge in [-0.2, -0.15) is 10.8 Å². The Hall–Kier alpha value is -1.44.